The molecule has 150 valence electrons. The summed E-state index contributed by atoms with van der Waals surface area (Å²) in [5, 5.41) is 1.54. The molecule has 0 aliphatic carbocycles. The van der Waals surface area contributed by atoms with Crippen LogP contribution in [0.25, 0.3) is 44.2 Å². The molecule has 0 atom stereocenters. The second-order valence-corrected chi connectivity index (χ2v) is 9.51. The van der Waals surface area contributed by atoms with E-state index in [4.69, 9.17) is 4.98 Å². The lowest BCUT2D eigenvalue weighted by atomic mass is 9.95. The Bertz CT molecular complexity index is 1620. The van der Waals surface area contributed by atoms with Gasteiger partial charge in [-0.25, -0.2) is 13.4 Å². The van der Waals surface area contributed by atoms with Crippen molar-refractivity contribution in [3.63, 3.8) is 0 Å². The smallest absolute Gasteiger partial charge is 0.247 e. The van der Waals surface area contributed by atoms with Crippen LogP contribution in [0.15, 0.2) is 90.0 Å². The Labute approximate surface area is 178 Å². The molecule has 5 aromatic rings. The van der Waals surface area contributed by atoms with E-state index in [1.165, 1.54) is 4.57 Å². The maximum absolute atomic E-state index is 13.1. The van der Waals surface area contributed by atoms with Crippen LogP contribution in [-0.4, -0.2) is 29.6 Å². The van der Waals surface area contributed by atoms with Gasteiger partial charge < -0.3 is 0 Å². The highest BCUT2D eigenvalue weighted by molar-refractivity contribution is 7.92. The van der Waals surface area contributed by atoms with Gasteiger partial charge in [0.15, 0.2) is 5.03 Å². The van der Waals surface area contributed by atoms with Crippen molar-refractivity contribution in [1.29, 1.82) is 0 Å². The van der Waals surface area contributed by atoms with E-state index in [9.17, 15) is 13.2 Å². The largest absolute Gasteiger partial charge is 0.276 e. The first-order valence-electron chi connectivity index (χ1n) is 9.90. The third-order valence-electron chi connectivity index (χ3n) is 5.74. The summed E-state index contributed by atoms with van der Waals surface area (Å²) in [4.78, 5) is 17.6. The summed E-state index contributed by atoms with van der Waals surface area (Å²) < 4.78 is 27.7. The van der Waals surface area contributed by atoms with Crippen LogP contribution in [0.1, 0.15) is 4.79 Å². The Kier molecular flexibility index (Phi) is 3.70. The number of benzene rings is 3. The Balaban J connectivity index is 1.94. The van der Waals surface area contributed by atoms with Crippen LogP contribution in [0.2, 0.25) is 0 Å². The van der Waals surface area contributed by atoms with Crippen molar-refractivity contribution in [2.24, 2.45) is 0 Å². The van der Waals surface area contributed by atoms with Crippen LogP contribution in [-0.2, 0) is 9.84 Å². The van der Waals surface area contributed by atoms with E-state index in [2.05, 4.69) is 0 Å². The van der Waals surface area contributed by atoms with Crippen LogP contribution in [0.3, 0.4) is 0 Å². The lowest BCUT2D eigenvalue weighted by Crippen LogP contribution is -2.28. The Morgan fingerprint density at radius 2 is 1.39 bits per heavy atom. The quantitative estimate of drug-likeness (QED) is 0.402. The number of rotatable bonds is 2. The SMILES string of the molecule is O=C1CS(=O)(=O)c2nc(-c3ccccc3)c(-c3ccccc3)c3c4ccccc4n1c23. The van der Waals surface area contributed by atoms with Crippen molar-refractivity contribution in [2.75, 3.05) is 5.75 Å². The number of carbonyl (C=O) groups is 1. The van der Waals surface area contributed by atoms with E-state index >= 15 is 0 Å². The number of carbonyl (C=O) groups excluding carboxylic acids is 1. The number of hydrogen-bond donors (Lipinski definition) is 0. The number of fused-ring (bicyclic) bond motifs is 3. The number of hydrogen-bond acceptors (Lipinski definition) is 4. The molecule has 0 bridgehead atoms. The van der Waals surface area contributed by atoms with Gasteiger partial charge in [0, 0.05) is 21.9 Å². The fraction of sp³-hybridized carbons (Fsp3) is 0.0400. The lowest BCUT2D eigenvalue weighted by Gasteiger charge is -2.19. The zero-order chi connectivity index (χ0) is 21.2. The van der Waals surface area contributed by atoms with E-state index in [1.54, 1.807) is 0 Å². The second kappa shape index (κ2) is 6.36. The van der Waals surface area contributed by atoms with Crippen LogP contribution in [0, 0.1) is 0 Å². The van der Waals surface area contributed by atoms with Gasteiger partial charge >= 0.3 is 0 Å². The molecule has 0 unspecified atom stereocenters. The third kappa shape index (κ3) is 2.52. The van der Waals surface area contributed by atoms with Crippen molar-refractivity contribution in [3.05, 3.63) is 84.9 Å². The van der Waals surface area contributed by atoms with Crippen LogP contribution in [0.4, 0.5) is 0 Å². The van der Waals surface area contributed by atoms with Gasteiger partial charge in [0.05, 0.1) is 16.7 Å². The van der Waals surface area contributed by atoms with Crippen molar-refractivity contribution in [1.82, 2.24) is 9.55 Å². The lowest BCUT2D eigenvalue weighted by molar-refractivity contribution is 0.0947. The van der Waals surface area contributed by atoms with Gasteiger partial charge in [0.2, 0.25) is 15.7 Å². The highest BCUT2D eigenvalue weighted by atomic mass is 32.2. The Morgan fingerprint density at radius 1 is 0.774 bits per heavy atom. The number of pyridine rings is 1. The number of sulfone groups is 1. The minimum Gasteiger partial charge on any atom is -0.276 e. The maximum atomic E-state index is 13.1. The standard InChI is InChI=1S/C25H16N2O3S/c28-20-15-31(29,30)25-24-22(18-13-7-8-14-19(18)27(20)24)21(16-9-3-1-4-10-16)23(26-25)17-11-5-2-6-12-17/h1-14H,15H2. The summed E-state index contributed by atoms with van der Waals surface area (Å²) in [6, 6.07) is 26.9. The normalized spacial score (nSPS) is 14.9. The molecule has 5 nitrogen and oxygen atoms in total. The average molecular weight is 424 g/mol. The van der Waals surface area contributed by atoms with E-state index < -0.39 is 21.5 Å². The van der Waals surface area contributed by atoms with Crippen molar-refractivity contribution < 1.29 is 13.2 Å². The molecular formula is C25H16N2O3S. The molecule has 1 aliphatic heterocycles. The molecule has 2 aromatic heterocycles. The molecule has 0 spiro atoms. The fourth-order valence-electron chi connectivity index (χ4n) is 4.49. The maximum Gasteiger partial charge on any atom is 0.247 e. The zero-order valence-corrected chi connectivity index (χ0v) is 17.1. The molecule has 31 heavy (non-hydrogen) atoms. The number of nitrogens with zero attached hydrogens (tertiary/aromatic N) is 2. The molecule has 0 N–H and O–H groups in total. The summed E-state index contributed by atoms with van der Waals surface area (Å²) in [5.41, 5.74) is 4.22. The molecule has 6 heteroatoms. The highest BCUT2D eigenvalue weighted by Gasteiger charge is 2.36. The first kappa shape index (κ1) is 18.0. The summed E-state index contributed by atoms with van der Waals surface area (Å²) in [6.45, 7) is 0. The van der Waals surface area contributed by atoms with E-state index in [0.717, 1.165) is 27.5 Å². The van der Waals surface area contributed by atoms with Gasteiger partial charge in [0.25, 0.3) is 0 Å². The minimum atomic E-state index is -3.86. The molecule has 0 fully saturated rings. The van der Waals surface area contributed by atoms with Crippen molar-refractivity contribution >= 4 is 37.6 Å². The van der Waals surface area contributed by atoms with Gasteiger partial charge in [-0.15, -0.1) is 0 Å². The molecule has 0 radical (unpaired) electrons. The third-order valence-corrected chi connectivity index (χ3v) is 7.25. The van der Waals surface area contributed by atoms with Crippen molar-refractivity contribution in [2.45, 2.75) is 5.03 Å². The molecule has 0 saturated heterocycles. The monoisotopic (exact) mass is 424 g/mol. The van der Waals surface area contributed by atoms with Gasteiger partial charge in [-0.3, -0.25) is 9.36 Å². The predicted molar refractivity (Wildman–Crippen MR) is 121 cm³/mol. The molecule has 6 rings (SSSR count). The predicted octanol–water partition coefficient (Wildman–Crippen LogP) is 4.95. The summed E-state index contributed by atoms with van der Waals surface area (Å²) >= 11 is 0. The first-order valence-corrected chi connectivity index (χ1v) is 11.6. The summed E-state index contributed by atoms with van der Waals surface area (Å²) in [6.07, 6.45) is 0. The minimum absolute atomic E-state index is 0.0307. The molecule has 0 amide bonds. The molecular weight excluding hydrogens is 408 g/mol. The van der Waals surface area contributed by atoms with Gasteiger partial charge in [-0.2, -0.15) is 0 Å². The first-order chi connectivity index (χ1) is 15.1. The molecule has 0 saturated carbocycles. The molecule has 1 aliphatic rings. The van der Waals surface area contributed by atoms with Gasteiger partial charge in [-0.05, 0) is 11.6 Å². The van der Waals surface area contributed by atoms with E-state index in [0.29, 0.717) is 16.7 Å². The van der Waals surface area contributed by atoms with Crippen LogP contribution in [0.5, 0.6) is 0 Å². The number of para-hydroxylation sites is 1. The summed E-state index contributed by atoms with van der Waals surface area (Å²) in [5.74, 6) is -1.04. The highest BCUT2D eigenvalue weighted by Crippen LogP contribution is 2.45. The zero-order valence-electron chi connectivity index (χ0n) is 16.3. The summed E-state index contributed by atoms with van der Waals surface area (Å²) in [7, 11) is -3.86. The van der Waals surface area contributed by atoms with Crippen molar-refractivity contribution in [3.8, 4) is 22.4 Å². The Morgan fingerprint density at radius 3 is 2.10 bits per heavy atom. The van der Waals surface area contributed by atoms with Crippen LogP contribution < -0.4 is 0 Å². The van der Waals surface area contributed by atoms with Gasteiger partial charge in [-0.1, -0.05) is 78.9 Å². The topological polar surface area (TPSA) is 69.0 Å². The average Bonchev–Trinajstić information content (AvgIpc) is 3.13. The van der Waals surface area contributed by atoms with Crippen LogP contribution >= 0.6 is 0 Å². The van der Waals surface area contributed by atoms with E-state index in [-0.39, 0.29) is 5.03 Å². The number of aromatic nitrogens is 2. The Hall–Kier alpha value is -3.77. The molecule has 3 aromatic carbocycles. The molecule has 3 heterocycles. The van der Waals surface area contributed by atoms with E-state index in [1.807, 2.05) is 84.9 Å². The fourth-order valence-corrected chi connectivity index (χ4v) is 5.80. The second-order valence-electron chi connectivity index (χ2n) is 7.60. The van der Waals surface area contributed by atoms with Gasteiger partial charge in [0.1, 0.15) is 5.75 Å².